The van der Waals surface area contributed by atoms with E-state index in [0.29, 0.717) is 11.8 Å². The second-order valence-corrected chi connectivity index (χ2v) is 5.53. The van der Waals surface area contributed by atoms with Crippen molar-refractivity contribution in [1.82, 2.24) is 9.97 Å². The highest BCUT2D eigenvalue weighted by atomic mass is 16.5. The maximum Gasteiger partial charge on any atom is 0.222 e. The Kier molecular flexibility index (Phi) is 6.06. The van der Waals surface area contributed by atoms with Crippen LogP contribution in [-0.2, 0) is 0 Å². The van der Waals surface area contributed by atoms with Crippen LogP contribution in [-0.4, -0.2) is 22.6 Å². The molecule has 1 N–H and O–H groups in total. The van der Waals surface area contributed by atoms with E-state index in [1.165, 1.54) is 0 Å². The van der Waals surface area contributed by atoms with E-state index in [4.69, 9.17) is 4.74 Å². The minimum Gasteiger partial charge on any atom is -0.474 e. The molecule has 1 atom stereocenters. The van der Waals surface area contributed by atoms with Crippen molar-refractivity contribution in [2.75, 3.05) is 11.9 Å². The number of nitrogens with zero attached hydrogens (tertiary/aromatic N) is 2. The Morgan fingerprint density at radius 2 is 1.84 bits per heavy atom. The monoisotopic (exact) mass is 265 g/mol. The maximum absolute atomic E-state index is 5.97. The lowest BCUT2D eigenvalue weighted by Gasteiger charge is -2.19. The third kappa shape index (κ3) is 5.05. The summed E-state index contributed by atoms with van der Waals surface area (Å²) in [5.41, 5.74) is 0.995. The summed E-state index contributed by atoms with van der Waals surface area (Å²) in [5.74, 6) is 2.97. The SMILES string of the molecule is CCCNc1nc(C)nc(OC(C)CC(C)C)c1C. The van der Waals surface area contributed by atoms with Crippen molar-refractivity contribution >= 4 is 5.82 Å². The van der Waals surface area contributed by atoms with Gasteiger partial charge in [0.05, 0.1) is 11.7 Å². The van der Waals surface area contributed by atoms with Gasteiger partial charge >= 0.3 is 0 Å². The van der Waals surface area contributed by atoms with Crippen LogP contribution in [0.25, 0.3) is 0 Å². The third-order valence-electron chi connectivity index (χ3n) is 2.87. The van der Waals surface area contributed by atoms with Crippen LogP contribution in [0.15, 0.2) is 0 Å². The smallest absolute Gasteiger partial charge is 0.222 e. The molecule has 0 fully saturated rings. The average molecular weight is 265 g/mol. The first-order valence-corrected chi connectivity index (χ1v) is 7.19. The fourth-order valence-electron chi connectivity index (χ4n) is 2.04. The molecule has 1 aromatic heterocycles. The molecule has 0 bridgehead atoms. The summed E-state index contributed by atoms with van der Waals surface area (Å²) in [6.45, 7) is 13.5. The predicted molar refractivity (Wildman–Crippen MR) is 79.8 cm³/mol. The van der Waals surface area contributed by atoms with E-state index >= 15 is 0 Å². The van der Waals surface area contributed by atoms with Crippen LogP contribution in [0.2, 0.25) is 0 Å². The maximum atomic E-state index is 5.97. The molecule has 108 valence electrons. The van der Waals surface area contributed by atoms with Crippen molar-refractivity contribution < 1.29 is 4.74 Å². The fraction of sp³-hybridized carbons (Fsp3) is 0.733. The molecule has 1 aromatic rings. The summed E-state index contributed by atoms with van der Waals surface area (Å²) < 4.78 is 5.97. The summed E-state index contributed by atoms with van der Waals surface area (Å²) >= 11 is 0. The number of nitrogens with one attached hydrogen (secondary N) is 1. The zero-order chi connectivity index (χ0) is 14.4. The molecule has 0 amide bonds. The number of anilines is 1. The second kappa shape index (κ2) is 7.31. The van der Waals surface area contributed by atoms with Gasteiger partial charge in [0.1, 0.15) is 11.6 Å². The number of aromatic nitrogens is 2. The molecular formula is C15H27N3O. The summed E-state index contributed by atoms with van der Waals surface area (Å²) in [4.78, 5) is 8.85. The quantitative estimate of drug-likeness (QED) is 0.816. The van der Waals surface area contributed by atoms with Crippen LogP contribution >= 0.6 is 0 Å². The lowest BCUT2D eigenvalue weighted by Crippen LogP contribution is -2.17. The van der Waals surface area contributed by atoms with Gasteiger partial charge in [0.25, 0.3) is 0 Å². The first kappa shape index (κ1) is 15.7. The number of rotatable bonds is 7. The van der Waals surface area contributed by atoms with E-state index in [9.17, 15) is 0 Å². The molecule has 0 spiro atoms. The van der Waals surface area contributed by atoms with Gasteiger partial charge in [0.15, 0.2) is 0 Å². The average Bonchev–Trinajstić information content (AvgIpc) is 2.30. The van der Waals surface area contributed by atoms with Crippen molar-refractivity contribution in [3.8, 4) is 5.88 Å². The fourth-order valence-corrected chi connectivity index (χ4v) is 2.04. The highest BCUT2D eigenvalue weighted by Gasteiger charge is 2.14. The highest BCUT2D eigenvalue weighted by molar-refractivity contribution is 5.48. The molecule has 1 heterocycles. The lowest BCUT2D eigenvalue weighted by molar-refractivity contribution is 0.184. The first-order chi connectivity index (χ1) is 8.93. The summed E-state index contributed by atoms with van der Waals surface area (Å²) in [5, 5.41) is 3.33. The van der Waals surface area contributed by atoms with Gasteiger partial charge in [-0.3, -0.25) is 0 Å². The number of hydrogen-bond acceptors (Lipinski definition) is 4. The molecule has 0 saturated carbocycles. The molecule has 0 aromatic carbocycles. The van der Waals surface area contributed by atoms with E-state index in [0.717, 1.165) is 36.6 Å². The molecule has 0 saturated heterocycles. The van der Waals surface area contributed by atoms with E-state index in [-0.39, 0.29) is 6.10 Å². The minimum absolute atomic E-state index is 0.173. The van der Waals surface area contributed by atoms with E-state index in [1.807, 2.05) is 13.8 Å². The van der Waals surface area contributed by atoms with E-state index < -0.39 is 0 Å². The molecule has 0 radical (unpaired) electrons. The van der Waals surface area contributed by atoms with Crippen molar-refractivity contribution in [1.29, 1.82) is 0 Å². The Labute approximate surface area is 117 Å². The number of hydrogen-bond donors (Lipinski definition) is 1. The number of ether oxygens (including phenoxy) is 1. The van der Waals surface area contributed by atoms with Crippen LogP contribution in [0.4, 0.5) is 5.82 Å². The molecular weight excluding hydrogens is 238 g/mol. The highest BCUT2D eigenvalue weighted by Crippen LogP contribution is 2.24. The summed E-state index contributed by atoms with van der Waals surface area (Å²) in [6, 6.07) is 0. The topological polar surface area (TPSA) is 47.0 Å². The summed E-state index contributed by atoms with van der Waals surface area (Å²) in [7, 11) is 0. The molecule has 4 heteroatoms. The van der Waals surface area contributed by atoms with Gasteiger partial charge in [0.2, 0.25) is 5.88 Å². The van der Waals surface area contributed by atoms with Gasteiger partial charge in [-0.15, -0.1) is 0 Å². The Morgan fingerprint density at radius 1 is 1.16 bits per heavy atom. The van der Waals surface area contributed by atoms with Crippen molar-refractivity contribution in [3.05, 3.63) is 11.4 Å². The van der Waals surface area contributed by atoms with Crippen LogP contribution in [0, 0.1) is 19.8 Å². The zero-order valence-corrected chi connectivity index (χ0v) is 13.1. The van der Waals surface area contributed by atoms with Gasteiger partial charge in [-0.2, -0.15) is 4.98 Å². The van der Waals surface area contributed by atoms with Gasteiger partial charge < -0.3 is 10.1 Å². The minimum atomic E-state index is 0.173. The van der Waals surface area contributed by atoms with Crippen molar-refractivity contribution in [2.45, 2.75) is 60.5 Å². The van der Waals surface area contributed by atoms with Gasteiger partial charge in [-0.1, -0.05) is 20.8 Å². The van der Waals surface area contributed by atoms with Gasteiger partial charge in [0, 0.05) is 6.54 Å². The first-order valence-electron chi connectivity index (χ1n) is 7.19. The van der Waals surface area contributed by atoms with Crippen LogP contribution in [0.1, 0.15) is 51.9 Å². The lowest BCUT2D eigenvalue weighted by atomic mass is 10.1. The standard InChI is InChI=1S/C15H27N3O/c1-7-8-16-14-12(5)15(18-13(6)17-14)19-11(4)9-10(2)3/h10-11H,7-9H2,1-6H3,(H,16,17,18). The van der Waals surface area contributed by atoms with Crippen LogP contribution in [0.5, 0.6) is 5.88 Å². The largest absolute Gasteiger partial charge is 0.474 e. The van der Waals surface area contributed by atoms with E-state index in [2.05, 4.69) is 43.0 Å². The molecule has 0 aliphatic carbocycles. The normalized spacial score (nSPS) is 12.6. The van der Waals surface area contributed by atoms with E-state index in [1.54, 1.807) is 0 Å². The summed E-state index contributed by atoms with van der Waals surface area (Å²) in [6.07, 6.45) is 2.27. The van der Waals surface area contributed by atoms with Crippen molar-refractivity contribution in [2.24, 2.45) is 5.92 Å². The van der Waals surface area contributed by atoms with Gasteiger partial charge in [-0.25, -0.2) is 4.98 Å². The van der Waals surface area contributed by atoms with Gasteiger partial charge in [-0.05, 0) is 39.5 Å². The molecule has 4 nitrogen and oxygen atoms in total. The Morgan fingerprint density at radius 3 is 2.42 bits per heavy atom. The zero-order valence-electron chi connectivity index (χ0n) is 13.1. The molecule has 1 rings (SSSR count). The molecule has 19 heavy (non-hydrogen) atoms. The predicted octanol–water partition coefficient (Wildman–Crippen LogP) is 3.73. The van der Waals surface area contributed by atoms with Crippen molar-refractivity contribution in [3.63, 3.8) is 0 Å². The third-order valence-corrected chi connectivity index (χ3v) is 2.87. The Hall–Kier alpha value is -1.32. The molecule has 0 aliphatic rings. The van der Waals surface area contributed by atoms with Crippen LogP contribution in [0.3, 0.4) is 0 Å². The second-order valence-electron chi connectivity index (χ2n) is 5.53. The molecule has 0 aliphatic heterocycles. The van der Waals surface area contributed by atoms with Crippen LogP contribution < -0.4 is 10.1 Å². The Bertz CT molecular complexity index is 405. The Balaban J connectivity index is 2.85. The number of aryl methyl sites for hydroxylation is 1. The molecule has 1 unspecified atom stereocenters.